The Morgan fingerprint density at radius 2 is 1.91 bits per heavy atom. The number of hydrogen-bond acceptors (Lipinski definition) is 5. The average molecular weight is 427 g/mol. The second kappa shape index (κ2) is 9.10. The summed E-state index contributed by atoms with van der Waals surface area (Å²) < 4.78 is 2.05. The molecule has 4 aromatic rings. The van der Waals surface area contributed by atoms with Gasteiger partial charge < -0.3 is 15.2 Å². The van der Waals surface area contributed by atoms with Crippen molar-refractivity contribution in [2.45, 2.75) is 19.0 Å². The van der Waals surface area contributed by atoms with Gasteiger partial charge in [-0.1, -0.05) is 30.3 Å². The molecule has 164 valence electrons. The number of benzene rings is 2. The van der Waals surface area contributed by atoms with Crippen molar-refractivity contribution >= 4 is 16.7 Å². The number of rotatable bonds is 7. The lowest BCUT2D eigenvalue weighted by Gasteiger charge is -2.32. The average Bonchev–Trinajstić information content (AvgIpc) is 3.22. The molecule has 1 atom stereocenters. The maximum absolute atomic E-state index is 4.48. The summed E-state index contributed by atoms with van der Waals surface area (Å²) in [4.78, 5) is 11.4. The Labute approximate surface area is 189 Å². The summed E-state index contributed by atoms with van der Waals surface area (Å²) in [5.74, 6) is 0. The SMILES string of the molecule is CNC(CNc1cncc(-c2ccc3ncn(C)c3c2)c1)CN1CCc2ccccc2C1. The van der Waals surface area contributed by atoms with Crippen molar-refractivity contribution < 1.29 is 0 Å². The molecule has 1 unspecified atom stereocenters. The molecule has 0 saturated heterocycles. The third-order valence-corrected chi connectivity index (χ3v) is 6.45. The third kappa shape index (κ3) is 4.38. The summed E-state index contributed by atoms with van der Waals surface area (Å²) in [6.07, 6.45) is 6.80. The molecule has 1 aliphatic rings. The number of anilines is 1. The van der Waals surface area contributed by atoms with Gasteiger partial charge in [-0.2, -0.15) is 0 Å². The predicted molar refractivity (Wildman–Crippen MR) is 131 cm³/mol. The molecule has 0 aliphatic carbocycles. The molecule has 2 N–H and O–H groups in total. The van der Waals surface area contributed by atoms with Gasteiger partial charge >= 0.3 is 0 Å². The quantitative estimate of drug-likeness (QED) is 0.472. The van der Waals surface area contributed by atoms with E-state index in [0.717, 1.165) is 60.4 Å². The van der Waals surface area contributed by atoms with Crippen LogP contribution in [0.25, 0.3) is 22.2 Å². The topological polar surface area (TPSA) is 58.0 Å². The molecule has 0 bridgehead atoms. The Morgan fingerprint density at radius 1 is 1.03 bits per heavy atom. The predicted octanol–water partition coefficient (Wildman–Crippen LogP) is 3.69. The zero-order valence-electron chi connectivity index (χ0n) is 18.8. The van der Waals surface area contributed by atoms with Crippen molar-refractivity contribution in [3.8, 4) is 11.1 Å². The van der Waals surface area contributed by atoms with Gasteiger partial charge in [-0.15, -0.1) is 0 Å². The van der Waals surface area contributed by atoms with Gasteiger partial charge in [0, 0.05) is 57.2 Å². The number of imidazole rings is 1. The van der Waals surface area contributed by atoms with E-state index in [1.54, 1.807) is 0 Å². The molecule has 0 radical (unpaired) electrons. The largest absolute Gasteiger partial charge is 0.382 e. The van der Waals surface area contributed by atoms with Gasteiger partial charge in [0.2, 0.25) is 0 Å². The number of likely N-dealkylation sites (N-methyl/N-ethyl adjacent to an activating group) is 1. The van der Waals surface area contributed by atoms with Crippen LogP contribution >= 0.6 is 0 Å². The van der Waals surface area contributed by atoms with Crippen LogP contribution in [-0.4, -0.2) is 52.2 Å². The molecule has 0 amide bonds. The minimum Gasteiger partial charge on any atom is -0.382 e. The Kier molecular flexibility index (Phi) is 5.88. The van der Waals surface area contributed by atoms with Crippen molar-refractivity contribution in [1.82, 2.24) is 24.8 Å². The first kappa shape index (κ1) is 20.7. The standard InChI is InChI=1S/C26H30N6/c1-27-24(17-32-10-9-19-5-3-4-6-21(19)16-32)15-29-23-11-22(13-28-14-23)20-7-8-25-26(12-20)31(2)18-30-25/h3-8,11-14,18,24,27,29H,9-10,15-17H2,1-2H3. The Balaban J connectivity index is 1.23. The van der Waals surface area contributed by atoms with E-state index >= 15 is 0 Å². The first-order valence-corrected chi connectivity index (χ1v) is 11.3. The zero-order chi connectivity index (χ0) is 21.9. The van der Waals surface area contributed by atoms with E-state index in [1.165, 1.54) is 11.1 Å². The number of pyridine rings is 1. The molecule has 3 heterocycles. The highest BCUT2D eigenvalue weighted by atomic mass is 15.2. The van der Waals surface area contributed by atoms with E-state index in [-0.39, 0.29) is 0 Å². The fraction of sp³-hybridized carbons (Fsp3) is 0.308. The van der Waals surface area contributed by atoms with Crippen molar-refractivity contribution in [3.63, 3.8) is 0 Å². The number of nitrogens with one attached hydrogen (secondary N) is 2. The zero-order valence-corrected chi connectivity index (χ0v) is 18.8. The second-order valence-electron chi connectivity index (χ2n) is 8.64. The van der Waals surface area contributed by atoms with Crippen LogP contribution in [0.15, 0.2) is 67.3 Å². The van der Waals surface area contributed by atoms with Crippen molar-refractivity contribution in [2.75, 3.05) is 32.0 Å². The lowest BCUT2D eigenvalue weighted by Crippen LogP contribution is -2.45. The van der Waals surface area contributed by atoms with Gasteiger partial charge in [0.1, 0.15) is 0 Å². The Hall–Kier alpha value is -3.22. The summed E-state index contributed by atoms with van der Waals surface area (Å²) in [6, 6.07) is 17.7. The summed E-state index contributed by atoms with van der Waals surface area (Å²) >= 11 is 0. The maximum Gasteiger partial charge on any atom is 0.0955 e. The summed E-state index contributed by atoms with van der Waals surface area (Å²) in [5.41, 5.74) is 8.38. The van der Waals surface area contributed by atoms with E-state index in [2.05, 4.69) is 74.0 Å². The number of hydrogen-bond donors (Lipinski definition) is 2. The number of fused-ring (bicyclic) bond motifs is 2. The van der Waals surface area contributed by atoms with Crippen LogP contribution in [0.4, 0.5) is 5.69 Å². The summed E-state index contributed by atoms with van der Waals surface area (Å²) in [6.45, 7) is 4.01. The van der Waals surface area contributed by atoms with Crippen LogP contribution in [0, 0.1) is 0 Å². The first-order valence-electron chi connectivity index (χ1n) is 11.3. The molecule has 2 aromatic heterocycles. The minimum absolute atomic E-state index is 0.356. The van der Waals surface area contributed by atoms with E-state index in [0.29, 0.717) is 6.04 Å². The molecule has 2 aromatic carbocycles. The molecular weight excluding hydrogens is 396 g/mol. The van der Waals surface area contributed by atoms with Crippen molar-refractivity contribution in [1.29, 1.82) is 0 Å². The highest BCUT2D eigenvalue weighted by molar-refractivity contribution is 5.82. The van der Waals surface area contributed by atoms with Crippen LogP contribution in [0.2, 0.25) is 0 Å². The maximum atomic E-state index is 4.48. The van der Waals surface area contributed by atoms with Gasteiger partial charge in [0.05, 0.1) is 23.0 Å². The highest BCUT2D eigenvalue weighted by Crippen LogP contribution is 2.25. The summed E-state index contributed by atoms with van der Waals surface area (Å²) in [5, 5.41) is 7.07. The molecule has 6 heteroatoms. The molecule has 32 heavy (non-hydrogen) atoms. The molecule has 0 spiro atoms. The molecule has 0 saturated carbocycles. The van der Waals surface area contributed by atoms with E-state index < -0.39 is 0 Å². The van der Waals surface area contributed by atoms with Crippen LogP contribution in [0.3, 0.4) is 0 Å². The normalized spacial score (nSPS) is 14.9. The molecular formula is C26H30N6. The van der Waals surface area contributed by atoms with Gasteiger partial charge in [0.25, 0.3) is 0 Å². The molecule has 6 nitrogen and oxygen atoms in total. The van der Waals surface area contributed by atoms with Gasteiger partial charge in [-0.3, -0.25) is 9.88 Å². The number of nitrogens with zero attached hydrogens (tertiary/aromatic N) is 4. The van der Waals surface area contributed by atoms with E-state index in [1.807, 2.05) is 37.4 Å². The number of aryl methyl sites for hydroxylation is 1. The van der Waals surface area contributed by atoms with E-state index in [9.17, 15) is 0 Å². The molecule has 1 aliphatic heterocycles. The van der Waals surface area contributed by atoms with Gasteiger partial charge in [0.15, 0.2) is 0 Å². The van der Waals surface area contributed by atoms with Crippen LogP contribution in [0.1, 0.15) is 11.1 Å². The van der Waals surface area contributed by atoms with Crippen LogP contribution in [-0.2, 0) is 20.0 Å². The van der Waals surface area contributed by atoms with Gasteiger partial charge in [-0.25, -0.2) is 4.98 Å². The summed E-state index contributed by atoms with van der Waals surface area (Å²) in [7, 11) is 4.07. The highest BCUT2D eigenvalue weighted by Gasteiger charge is 2.18. The van der Waals surface area contributed by atoms with Crippen molar-refractivity contribution in [3.05, 3.63) is 78.4 Å². The van der Waals surface area contributed by atoms with Crippen LogP contribution in [0.5, 0.6) is 0 Å². The minimum atomic E-state index is 0.356. The Morgan fingerprint density at radius 3 is 2.78 bits per heavy atom. The monoisotopic (exact) mass is 426 g/mol. The molecule has 0 fully saturated rings. The fourth-order valence-corrected chi connectivity index (χ4v) is 4.52. The smallest absolute Gasteiger partial charge is 0.0955 e. The third-order valence-electron chi connectivity index (χ3n) is 6.45. The second-order valence-corrected chi connectivity index (χ2v) is 8.64. The lowest BCUT2D eigenvalue weighted by molar-refractivity contribution is 0.231. The Bertz CT molecular complexity index is 1210. The lowest BCUT2D eigenvalue weighted by atomic mass is 9.99. The van der Waals surface area contributed by atoms with Gasteiger partial charge in [-0.05, 0) is 48.4 Å². The number of aromatic nitrogens is 3. The fourth-order valence-electron chi connectivity index (χ4n) is 4.52. The first-order chi connectivity index (χ1) is 15.7. The van der Waals surface area contributed by atoms with Crippen LogP contribution < -0.4 is 10.6 Å². The van der Waals surface area contributed by atoms with Crippen molar-refractivity contribution in [2.24, 2.45) is 7.05 Å². The van der Waals surface area contributed by atoms with E-state index in [4.69, 9.17) is 0 Å². The molecule has 5 rings (SSSR count).